The van der Waals surface area contributed by atoms with E-state index in [0.717, 1.165) is 30.8 Å². The first kappa shape index (κ1) is 26.6. The van der Waals surface area contributed by atoms with E-state index in [0.29, 0.717) is 47.6 Å². The average molecular weight is 552 g/mol. The predicted molar refractivity (Wildman–Crippen MR) is 142 cm³/mol. The maximum absolute atomic E-state index is 14.1. The summed E-state index contributed by atoms with van der Waals surface area (Å²) >= 11 is 6.38. The summed E-state index contributed by atoms with van der Waals surface area (Å²) in [5.74, 6) is -1.77. The lowest BCUT2D eigenvalue weighted by Gasteiger charge is -2.21. The van der Waals surface area contributed by atoms with E-state index in [1.807, 2.05) is 6.92 Å². The maximum atomic E-state index is 14.1. The molecule has 3 aromatic heterocycles. The highest BCUT2D eigenvalue weighted by atomic mass is 35.5. The largest absolute Gasteiger partial charge is 0.381 e. The molecule has 5 rings (SSSR count). The van der Waals surface area contributed by atoms with Gasteiger partial charge in [0.1, 0.15) is 22.5 Å². The second kappa shape index (κ2) is 11.0. The van der Waals surface area contributed by atoms with Gasteiger partial charge in [0.05, 0.1) is 28.3 Å². The van der Waals surface area contributed by atoms with E-state index in [1.54, 1.807) is 31.5 Å². The Bertz CT molecular complexity index is 1640. The minimum Gasteiger partial charge on any atom is -0.381 e. The van der Waals surface area contributed by atoms with E-state index in [9.17, 15) is 18.4 Å². The molecule has 1 N–H and O–H groups in total. The van der Waals surface area contributed by atoms with E-state index >= 15 is 0 Å². The topological polar surface area (TPSA) is 99.0 Å². The highest BCUT2D eigenvalue weighted by Crippen LogP contribution is 2.28. The molecule has 0 saturated carbocycles. The van der Waals surface area contributed by atoms with E-state index in [4.69, 9.17) is 21.3 Å². The molecule has 0 atom stereocenters. The third kappa shape index (κ3) is 5.43. The lowest BCUT2D eigenvalue weighted by molar-refractivity contribution is 0.0836. The fourth-order valence-electron chi connectivity index (χ4n) is 4.53. The fraction of sp³-hybridized carbons (Fsp3) is 0.250. The number of nitrogens with one attached hydrogen (secondary N) is 1. The zero-order valence-electron chi connectivity index (χ0n) is 21.2. The van der Waals surface area contributed by atoms with Crippen molar-refractivity contribution in [2.75, 3.05) is 18.5 Å². The summed E-state index contributed by atoms with van der Waals surface area (Å²) in [6, 6.07) is 7.62. The van der Waals surface area contributed by atoms with Crippen molar-refractivity contribution in [3.05, 3.63) is 98.4 Å². The van der Waals surface area contributed by atoms with Crippen LogP contribution >= 0.6 is 11.6 Å². The average Bonchev–Trinajstić information content (AvgIpc) is 2.93. The van der Waals surface area contributed by atoms with Gasteiger partial charge in [-0.25, -0.2) is 18.7 Å². The number of aromatic nitrogens is 4. The van der Waals surface area contributed by atoms with Crippen molar-refractivity contribution in [2.24, 2.45) is 0 Å². The van der Waals surface area contributed by atoms with Gasteiger partial charge in [0.2, 0.25) is 0 Å². The molecule has 0 aliphatic carbocycles. The third-order valence-corrected chi connectivity index (χ3v) is 6.96. The van der Waals surface area contributed by atoms with Gasteiger partial charge in [-0.3, -0.25) is 19.1 Å². The van der Waals surface area contributed by atoms with Gasteiger partial charge in [-0.2, -0.15) is 0 Å². The number of nitrogens with zero attached hydrogens (tertiary/aromatic N) is 4. The summed E-state index contributed by atoms with van der Waals surface area (Å²) in [4.78, 5) is 39.7. The van der Waals surface area contributed by atoms with Crippen molar-refractivity contribution in [3.63, 3.8) is 0 Å². The molecule has 1 saturated heterocycles. The minimum atomic E-state index is -1.03. The van der Waals surface area contributed by atoms with Crippen LogP contribution in [0, 0.1) is 25.5 Å². The van der Waals surface area contributed by atoms with Gasteiger partial charge in [0.25, 0.3) is 11.5 Å². The normalized spacial score (nSPS) is 13.9. The van der Waals surface area contributed by atoms with Crippen LogP contribution in [0.5, 0.6) is 0 Å². The second-order valence-electron chi connectivity index (χ2n) is 9.27. The number of hydrogen-bond acceptors (Lipinski definition) is 6. The van der Waals surface area contributed by atoms with Gasteiger partial charge < -0.3 is 10.1 Å². The van der Waals surface area contributed by atoms with Crippen LogP contribution in [0.25, 0.3) is 17.1 Å². The summed E-state index contributed by atoms with van der Waals surface area (Å²) in [7, 11) is 0. The van der Waals surface area contributed by atoms with Crippen LogP contribution in [-0.2, 0) is 4.74 Å². The Morgan fingerprint density at radius 2 is 1.85 bits per heavy atom. The van der Waals surface area contributed by atoms with E-state index in [1.165, 1.54) is 10.6 Å². The first-order valence-corrected chi connectivity index (χ1v) is 12.7. The summed E-state index contributed by atoms with van der Waals surface area (Å²) in [6.45, 7) is 4.83. The molecule has 200 valence electrons. The summed E-state index contributed by atoms with van der Waals surface area (Å²) in [5, 5.41) is 2.19. The smallest absolute Gasteiger partial charge is 0.276 e. The lowest BCUT2D eigenvalue weighted by Crippen LogP contribution is -2.25. The zero-order valence-corrected chi connectivity index (χ0v) is 21.9. The van der Waals surface area contributed by atoms with Crippen molar-refractivity contribution < 1.29 is 18.3 Å². The van der Waals surface area contributed by atoms with Gasteiger partial charge in [-0.05, 0) is 62.6 Å². The first-order chi connectivity index (χ1) is 18.7. The molecular formula is C28H24ClF2N5O3. The highest BCUT2D eigenvalue weighted by Gasteiger charge is 2.21. The van der Waals surface area contributed by atoms with Crippen LogP contribution < -0.4 is 10.9 Å². The van der Waals surface area contributed by atoms with Crippen LogP contribution in [0.4, 0.5) is 14.5 Å². The number of halogens is 3. The van der Waals surface area contributed by atoms with Crippen molar-refractivity contribution in [1.29, 1.82) is 0 Å². The maximum Gasteiger partial charge on any atom is 0.276 e. The molecule has 4 aromatic rings. The van der Waals surface area contributed by atoms with Crippen LogP contribution in [0.1, 0.15) is 46.2 Å². The monoisotopic (exact) mass is 551 g/mol. The van der Waals surface area contributed by atoms with Crippen molar-refractivity contribution in [1.82, 2.24) is 19.5 Å². The quantitative estimate of drug-likeness (QED) is 0.357. The van der Waals surface area contributed by atoms with Gasteiger partial charge in [-0.15, -0.1) is 0 Å². The number of aryl methyl sites for hydroxylation is 2. The molecular weight excluding hydrogens is 528 g/mol. The number of ether oxygens (including phenoxy) is 1. The molecule has 11 heteroatoms. The Morgan fingerprint density at radius 1 is 1.08 bits per heavy atom. The Balaban J connectivity index is 1.49. The summed E-state index contributed by atoms with van der Waals surface area (Å²) < 4.78 is 34.2. The third-order valence-electron chi connectivity index (χ3n) is 6.60. The molecule has 1 aromatic carbocycles. The molecule has 0 bridgehead atoms. The van der Waals surface area contributed by atoms with Crippen molar-refractivity contribution in [3.8, 4) is 17.1 Å². The van der Waals surface area contributed by atoms with Crippen LogP contribution in [0.2, 0.25) is 5.02 Å². The standard InChI is InChI=1S/C28H24ClF2N5O3/c1-15-14-33-22(21-5-8-32-26(34-21)17-6-9-39-10-7-17)13-24(15)36-16(2)11-23(25(29)28(36)38)35-27(37)19-4-3-18(30)12-20(19)31/h3-5,8,11-14,17H,6-7,9-10H2,1-2H3,(H,35,37). The molecule has 0 radical (unpaired) electrons. The van der Waals surface area contributed by atoms with Crippen LogP contribution in [-0.4, -0.2) is 38.6 Å². The highest BCUT2D eigenvalue weighted by molar-refractivity contribution is 6.33. The molecule has 0 unspecified atom stereocenters. The Hall–Kier alpha value is -4.02. The van der Waals surface area contributed by atoms with Gasteiger partial charge in [-0.1, -0.05) is 11.6 Å². The number of hydrogen-bond donors (Lipinski definition) is 1. The van der Waals surface area contributed by atoms with E-state index < -0.39 is 23.1 Å². The van der Waals surface area contributed by atoms with Gasteiger partial charge in [0, 0.05) is 43.3 Å². The predicted octanol–water partition coefficient (Wildman–Crippen LogP) is 5.38. The lowest BCUT2D eigenvalue weighted by atomic mass is 9.99. The number of amides is 1. The first-order valence-electron chi connectivity index (χ1n) is 12.3. The number of rotatable bonds is 5. The summed E-state index contributed by atoms with van der Waals surface area (Å²) in [6.07, 6.45) is 5.04. The van der Waals surface area contributed by atoms with Crippen LogP contribution in [0.15, 0.2) is 53.6 Å². The Labute approximate surface area is 227 Å². The molecule has 1 amide bonds. The zero-order chi connectivity index (χ0) is 27.7. The number of carbonyl (C=O) groups excluding carboxylic acids is 1. The molecule has 1 aliphatic rings. The van der Waals surface area contributed by atoms with Crippen LogP contribution in [0.3, 0.4) is 0 Å². The molecule has 0 spiro atoms. The van der Waals surface area contributed by atoms with Crippen molar-refractivity contribution in [2.45, 2.75) is 32.6 Å². The molecule has 4 heterocycles. The number of carbonyl (C=O) groups is 1. The molecule has 1 fully saturated rings. The molecule has 8 nitrogen and oxygen atoms in total. The fourth-order valence-corrected chi connectivity index (χ4v) is 4.71. The van der Waals surface area contributed by atoms with E-state index in [2.05, 4.69) is 15.3 Å². The SMILES string of the molecule is Cc1cnc(-c2ccnc(C3CCOCC3)n2)cc1-n1c(C)cc(NC(=O)c2ccc(F)cc2F)c(Cl)c1=O. The van der Waals surface area contributed by atoms with Gasteiger partial charge >= 0.3 is 0 Å². The Morgan fingerprint density at radius 3 is 2.59 bits per heavy atom. The number of pyridine rings is 2. The van der Waals surface area contributed by atoms with Gasteiger partial charge in [0.15, 0.2) is 0 Å². The molecule has 39 heavy (non-hydrogen) atoms. The second-order valence-corrected chi connectivity index (χ2v) is 9.65. The minimum absolute atomic E-state index is 0.00739. The number of benzene rings is 1. The summed E-state index contributed by atoms with van der Waals surface area (Å²) in [5.41, 5.74) is 1.93. The Kier molecular flexibility index (Phi) is 7.49. The van der Waals surface area contributed by atoms with Crippen molar-refractivity contribution >= 4 is 23.2 Å². The number of anilines is 1. The molecule has 1 aliphatic heterocycles. The van der Waals surface area contributed by atoms with E-state index in [-0.39, 0.29) is 22.2 Å².